The molecule has 1 heterocycles. The highest BCUT2D eigenvalue weighted by Gasteiger charge is 2.36. The number of nitrogens with one attached hydrogen (secondary N) is 1. The maximum absolute atomic E-state index is 3.35. The standard InChI is InChI=1S/C12H26N2/c1-8-7-14(11(4)9(8)2)12(5)10(3)13-6/h8-13H,7H2,1-6H3. The van der Waals surface area contributed by atoms with E-state index in [9.17, 15) is 0 Å². The van der Waals surface area contributed by atoms with Gasteiger partial charge in [-0.2, -0.15) is 0 Å². The van der Waals surface area contributed by atoms with Gasteiger partial charge in [0.25, 0.3) is 0 Å². The first-order valence-corrected chi connectivity index (χ1v) is 5.92. The summed E-state index contributed by atoms with van der Waals surface area (Å²) in [5.74, 6) is 1.68. The number of likely N-dealkylation sites (N-methyl/N-ethyl adjacent to an activating group) is 1. The molecule has 0 radical (unpaired) electrons. The van der Waals surface area contributed by atoms with Crippen LogP contribution in [0.1, 0.15) is 34.6 Å². The monoisotopic (exact) mass is 198 g/mol. The molecule has 2 nitrogen and oxygen atoms in total. The first kappa shape index (κ1) is 12.0. The van der Waals surface area contributed by atoms with Crippen molar-refractivity contribution in [1.82, 2.24) is 10.2 Å². The molecule has 5 atom stereocenters. The van der Waals surface area contributed by atoms with Gasteiger partial charge in [-0.05, 0) is 39.7 Å². The van der Waals surface area contributed by atoms with E-state index in [0.29, 0.717) is 12.1 Å². The third kappa shape index (κ3) is 2.12. The normalized spacial score (nSPS) is 38.6. The van der Waals surface area contributed by atoms with Crippen molar-refractivity contribution in [3.63, 3.8) is 0 Å². The molecule has 0 aliphatic carbocycles. The fourth-order valence-corrected chi connectivity index (χ4v) is 2.51. The molecule has 1 rings (SSSR count). The summed E-state index contributed by atoms with van der Waals surface area (Å²) >= 11 is 0. The van der Waals surface area contributed by atoms with Crippen LogP contribution in [0.2, 0.25) is 0 Å². The van der Waals surface area contributed by atoms with E-state index in [2.05, 4.69) is 51.9 Å². The molecule has 1 aliphatic rings. The van der Waals surface area contributed by atoms with Crippen LogP contribution < -0.4 is 5.32 Å². The summed E-state index contributed by atoms with van der Waals surface area (Å²) in [6, 6.07) is 1.95. The Morgan fingerprint density at radius 2 is 1.79 bits per heavy atom. The number of rotatable bonds is 3. The SMILES string of the molecule is CNC(C)C(C)N1CC(C)C(C)C1C. The molecule has 0 spiro atoms. The minimum Gasteiger partial charge on any atom is -0.316 e. The Morgan fingerprint density at radius 3 is 2.14 bits per heavy atom. The second kappa shape index (κ2) is 4.63. The predicted molar refractivity (Wildman–Crippen MR) is 62.5 cm³/mol. The van der Waals surface area contributed by atoms with Crippen LogP contribution in [0.15, 0.2) is 0 Å². The number of likely N-dealkylation sites (tertiary alicyclic amines) is 1. The van der Waals surface area contributed by atoms with Crippen LogP contribution in [0.4, 0.5) is 0 Å². The molecule has 1 fully saturated rings. The maximum Gasteiger partial charge on any atom is 0.0221 e. The fraction of sp³-hybridized carbons (Fsp3) is 1.00. The Kier molecular flexibility index (Phi) is 3.96. The first-order valence-electron chi connectivity index (χ1n) is 5.92. The van der Waals surface area contributed by atoms with Gasteiger partial charge in [0.15, 0.2) is 0 Å². The van der Waals surface area contributed by atoms with Crippen molar-refractivity contribution in [3.05, 3.63) is 0 Å². The molecule has 2 heteroatoms. The third-order valence-electron chi connectivity index (χ3n) is 4.38. The van der Waals surface area contributed by atoms with Crippen molar-refractivity contribution < 1.29 is 0 Å². The summed E-state index contributed by atoms with van der Waals surface area (Å²) in [4.78, 5) is 2.65. The van der Waals surface area contributed by atoms with Crippen molar-refractivity contribution in [2.75, 3.05) is 13.6 Å². The van der Waals surface area contributed by atoms with Crippen molar-refractivity contribution in [1.29, 1.82) is 0 Å². The molecule has 0 saturated carbocycles. The van der Waals surface area contributed by atoms with Crippen LogP contribution in [-0.2, 0) is 0 Å². The minimum atomic E-state index is 0.579. The predicted octanol–water partition coefficient (Wildman–Crippen LogP) is 1.96. The summed E-state index contributed by atoms with van der Waals surface area (Å²) in [6.45, 7) is 13.0. The second-order valence-electron chi connectivity index (χ2n) is 5.09. The third-order valence-corrected chi connectivity index (χ3v) is 4.38. The minimum absolute atomic E-state index is 0.579. The highest BCUT2D eigenvalue weighted by Crippen LogP contribution is 2.30. The van der Waals surface area contributed by atoms with E-state index in [-0.39, 0.29) is 0 Å². The van der Waals surface area contributed by atoms with Gasteiger partial charge in [-0.3, -0.25) is 4.90 Å². The summed E-state index contributed by atoms with van der Waals surface area (Å²) in [5, 5.41) is 3.35. The van der Waals surface area contributed by atoms with Crippen LogP contribution in [0.5, 0.6) is 0 Å². The van der Waals surface area contributed by atoms with E-state index in [1.165, 1.54) is 6.54 Å². The lowest BCUT2D eigenvalue weighted by Gasteiger charge is -2.33. The van der Waals surface area contributed by atoms with Crippen molar-refractivity contribution >= 4 is 0 Å². The maximum atomic E-state index is 3.35. The van der Waals surface area contributed by atoms with Gasteiger partial charge in [0.1, 0.15) is 0 Å². The van der Waals surface area contributed by atoms with Gasteiger partial charge in [-0.1, -0.05) is 13.8 Å². The number of hydrogen-bond donors (Lipinski definition) is 1. The van der Waals surface area contributed by atoms with Crippen molar-refractivity contribution in [3.8, 4) is 0 Å². The van der Waals surface area contributed by atoms with Gasteiger partial charge in [0, 0.05) is 24.7 Å². The highest BCUT2D eigenvalue weighted by atomic mass is 15.2. The van der Waals surface area contributed by atoms with Crippen LogP contribution >= 0.6 is 0 Å². The zero-order valence-electron chi connectivity index (χ0n) is 10.5. The topological polar surface area (TPSA) is 15.3 Å². The molecule has 0 bridgehead atoms. The van der Waals surface area contributed by atoms with E-state index in [1.54, 1.807) is 0 Å². The first-order chi connectivity index (χ1) is 6.49. The lowest BCUT2D eigenvalue weighted by Crippen LogP contribution is -2.47. The summed E-state index contributed by atoms with van der Waals surface area (Å²) in [6.07, 6.45) is 0. The van der Waals surface area contributed by atoms with Gasteiger partial charge in [0.05, 0.1) is 0 Å². The van der Waals surface area contributed by atoms with E-state index >= 15 is 0 Å². The molecule has 0 aromatic heterocycles. The quantitative estimate of drug-likeness (QED) is 0.746. The zero-order valence-corrected chi connectivity index (χ0v) is 10.5. The Morgan fingerprint density at radius 1 is 1.21 bits per heavy atom. The molecule has 0 aromatic carbocycles. The van der Waals surface area contributed by atoms with Crippen LogP contribution in [0, 0.1) is 11.8 Å². The van der Waals surface area contributed by atoms with Crippen LogP contribution in [0.25, 0.3) is 0 Å². The zero-order chi connectivity index (χ0) is 10.9. The molecular weight excluding hydrogens is 172 g/mol. The summed E-state index contributed by atoms with van der Waals surface area (Å²) in [5.41, 5.74) is 0. The Bertz CT molecular complexity index is 181. The van der Waals surface area contributed by atoms with Crippen molar-refractivity contribution in [2.24, 2.45) is 11.8 Å². The highest BCUT2D eigenvalue weighted by molar-refractivity contribution is 4.91. The van der Waals surface area contributed by atoms with Gasteiger partial charge < -0.3 is 5.32 Å². The average molecular weight is 198 g/mol. The van der Waals surface area contributed by atoms with Crippen LogP contribution in [0.3, 0.4) is 0 Å². The Hall–Kier alpha value is -0.0800. The molecule has 1 saturated heterocycles. The lowest BCUT2D eigenvalue weighted by atomic mass is 9.95. The molecule has 5 unspecified atom stereocenters. The van der Waals surface area contributed by atoms with E-state index in [1.807, 2.05) is 0 Å². The lowest BCUT2D eigenvalue weighted by molar-refractivity contribution is 0.159. The van der Waals surface area contributed by atoms with E-state index < -0.39 is 0 Å². The van der Waals surface area contributed by atoms with E-state index in [0.717, 1.165) is 17.9 Å². The number of hydrogen-bond acceptors (Lipinski definition) is 2. The molecule has 0 amide bonds. The van der Waals surface area contributed by atoms with Gasteiger partial charge in [-0.25, -0.2) is 0 Å². The Labute approximate surface area is 89.1 Å². The number of nitrogens with zero attached hydrogens (tertiary/aromatic N) is 1. The second-order valence-corrected chi connectivity index (χ2v) is 5.09. The molecular formula is C12H26N2. The van der Waals surface area contributed by atoms with Crippen molar-refractivity contribution in [2.45, 2.75) is 52.7 Å². The Balaban J connectivity index is 2.61. The molecule has 84 valence electrons. The van der Waals surface area contributed by atoms with Gasteiger partial charge in [-0.15, -0.1) is 0 Å². The fourth-order valence-electron chi connectivity index (χ4n) is 2.51. The molecule has 1 aliphatic heterocycles. The summed E-state index contributed by atoms with van der Waals surface area (Å²) in [7, 11) is 2.05. The van der Waals surface area contributed by atoms with Gasteiger partial charge in [0.2, 0.25) is 0 Å². The molecule has 0 aromatic rings. The average Bonchev–Trinajstić information content (AvgIpc) is 2.43. The van der Waals surface area contributed by atoms with E-state index in [4.69, 9.17) is 0 Å². The largest absolute Gasteiger partial charge is 0.316 e. The smallest absolute Gasteiger partial charge is 0.0221 e. The summed E-state index contributed by atoms with van der Waals surface area (Å²) < 4.78 is 0. The molecule has 14 heavy (non-hydrogen) atoms. The van der Waals surface area contributed by atoms with Gasteiger partial charge >= 0.3 is 0 Å². The van der Waals surface area contributed by atoms with Crippen LogP contribution in [-0.4, -0.2) is 36.6 Å². The molecule has 1 N–H and O–H groups in total.